The number of fused-ring (bicyclic) bond motifs is 9. The van der Waals surface area contributed by atoms with Crippen LogP contribution in [0.4, 0.5) is 17.1 Å². The van der Waals surface area contributed by atoms with Crippen LogP contribution in [0.25, 0.3) is 205 Å². The van der Waals surface area contributed by atoms with Crippen LogP contribution < -0.4 is 0 Å². The molecule has 0 spiro atoms. The van der Waals surface area contributed by atoms with E-state index in [0.29, 0.717) is 34.5 Å². The Morgan fingerprint density at radius 1 is 0.163 bits per heavy atom. The molecule has 0 atom stereocenters. The van der Waals surface area contributed by atoms with E-state index in [-0.39, 0.29) is 16.2 Å². The second-order valence-electron chi connectivity index (χ2n) is 36.1. The molecule has 3 heterocycles. The molecule has 638 valence electrons. The van der Waals surface area contributed by atoms with Gasteiger partial charge in [-0.2, -0.15) is 0 Å². The SMILES string of the molecule is [C-]#[N+]c1cccc2c1-c1cc(-c3cccc(-c4cc(-c5ccc(-c6ccccc6)cc5)nc(-c5ccccc5)n4)c3)ccc1C2(C)C.[C-]#[N+]c1cccc2c1-c1cc(-c3cccc(-c4cc(-c5ccccc5)nc(-c5cccc(-c6ccccc6)c5)n4)c3)ccc1C2(C)C.[C-]#[N+]c1cccc2c1-c1cc(-c3cccc(-c4cc(-c5ccccc5)nc(-c5ccccc5)n4)c3)ccc1C2(C)C. The number of rotatable bonds is 14. The lowest BCUT2D eigenvalue weighted by Gasteiger charge is -2.21. The number of benzene rings is 17. The second-order valence-corrected chi connectivity index (χ2v) is 36.1. The Bertz CT molecular complexity index is 8070. The van der Waals surface area contributed by atoms with E-state index in [0.717, 1.165) is 162 Å². The van der Waals surface area contributed by atoms with Gasteiger partial charge in [0.15, 0.2) is 34.5 Å². The van der Waals surface area contributed by atoms with Crippen molar-refractivity contribution in [1.29, 1.82) is 0 Å². The smallest absolute Gasteiger partial charge is 0.195 e. The van der Waals surface area contributed by atoms with Crippen LogP contribution in [0.5, 0.6) is 0 Å². The van der Waals surface area contributed by atoms with E-state index in [2.05, 4.69) is 353 Å². The number of nitrogens with zero attached hydrogens (tertiary/aromatic N) is 9. The third-order valence-corrected chi connectivity index (χ3v) is 26.8. The highest BCUT2D eigenvalue weighted by atomic mass is 14.9. The summed E-state index contributed by atoms with van der Waals surface area (Å²) >= 11 is 0. The fourth-order valence-corrected chi connectivity index (χ4v) is 19.7. The summed E-state index contributed by atoms with van der Waals surface area (Å²) in [4.78, 5) is 41.9. The van der Waals surface area contributed by atoms with Crippen LogP contribution >= 0.6 is 0 Å². The number of aromatic nitrogens is 6. The zero-order valence-electron chi connectivity index (χ0n) is 75.5. The predicted molar refractivity (Wildman–Crippen MR) is 554 cm³/mol. The van der Waals surface area contributed by atoms with Gasteiger partial charge in [-0.25, -0.2) is 44.4 Å². The third kappa shape index (κ3) is 16.1. The van der Waals surface area contributed by atoms with Crippen LogP contribution in [0.1, 0.15) is 74.9 Å². The van der Waals surface area contributed by atoms with Gasteiger partial charge in [-0.1, -0.05) is 412 Å². The molecule has 0 amide bonds. The Balaban J connectivity index is 0.000000122. The van der Waals surface area contributed by atoms with Gasteiger partial charge in [-0.15, -0.1) is 0 Å². The van der Waals surface area contributed by atoms with Gasteiger partial charge in [0.1, 0.15) is 0 Å². The molecule has 0 N–H and O–H groups in total. The lowest BCUT2D eigenvalue weighted by molar-refractivity contribution is 0.660. The molecule has 17 aromatic carbocycles. The van der Waals surface area contributed by atoms with Gasteiger partial charge in [-0.3, -0.25) is 0 Å². The van der Waals surface area contributed by atoms with Gasteiger partial charge in [0.05, 0.1) is 53.9 Å². The van der Waals surface area contributed by atoms with Crippen molar-refractivity contribution in [3.8, 4) is 191 Å². The molecule has 0 aliphatic heterocycles. The Labute approximate surface area is 788 Å². The first kappa shape index (κ1) is 84.3. The lowest BCUT2D eigenvalue weighted by atomic mass is 9.82. The largest absolute Gasteiger partial charge is 0.238 e. The lowest BCUT2D eigenvalue weighted by Crippen LogP contribution is -2.14. The van der Waals surface area contributed by atoms with Gasteiger partial charge in [0, 0.05) is 66.3 Å². The summed E-state index contributed by atoms with van der Waals surface area (Å²) in [5, 5.41) is 0. The first-order valence-electron chi connectivity index (χ1n) is 45.5. The van der Waals surface area contributed by atoms with Crippen LogP contribution in [0.2, 0.25) is 0 Å². The van der Waals surface area contributed by atoms with Crippen molar-refractivity contribution < 1.29 is 0 Å². The summed E-state index contributed by atoms with van der Waals surface area (Å²) in [5.41, 5.74) is 41.4. The highest BCUT2D eigenvalue weighted by Crippen LogP contribution is 2.57. The summed E-state index contributed by atoms with van der Waals surface area (Å²) in [6, 6.07) is 149. The van der Waals surface area contributed by atoms with Crippen molar-refractivity contribution in [2.75, 3.05) is 0 Å². The summed E-state index contributed by atoms with van der Waals surface area (Å²) < 4.78 is 0. The van der Waals surface area contributed by atoms with E-state index in [1.165, 1.54) is 44.5 Å². The summed E-state index contributed by atoms with van der Waals surface area (Å²) in [6.07, 6.45) is 0. The molecule has 0 bridgehead atoms. The summed E-state index contributed by atoms with van der Waals surface area (Å²) in [7, 11) is 0. The van der Waals surface area contributed by atoms with Crippen molar-refractivity contribution in [2.24, 2.45) is 0 Å². The molecule has 9 heteroatoms. The summed E-state index contributed by atoms with van der Waals surface area (Å²) in [5.74, 6) is 2.08. The van der Waals surface area contributed by atoms with Crippen molar-refractivity contribution in [1.82, 2.24) is 29.9 Å². The Morgan fingerprint density at radius 2 is 0.363 bits per heavy atom. The normalized spacial score (nSPS) is 12.7. The minimum atomic E-state index is -0.158. The molecule has 3 aliphatic rings. The van der Waals surface area contributed by atoms with Crippen molar-refractivity contribution >= 4 is 17.1 Å². The van der Waals surface area contributed by atoms with E-state index >= 15 is 0 Å². The minimum Gasteiger partial charge on any atom is -0.238 e. The molecule has 3 aliphatic carbocycles. The molecule has 20 aromatic rings. The number of hydrogen-bond donors (Lipinski definition) is 0. The molecule has 0 unspecified atom stereocenters. The quantitative estimate of drug-likeness (QED) is 0.101. The first-order chi connectivity index (χ1) is 66.0. The average Bonchev–Trinajstić information content (AvgIpc) is 1.58. The monoisotopic (exact) mass is 1730 g/mol. The van der Waals surface area contributed by atoms with Gasteiger partial charge in [0.25, 0.3) is 0 Å². The van der Waals surface area contributed by atoms with Crippen molar-refractivity contribution in [2.45, 2.75) is 57.8 Å². The van der Waals surface area contributed by atoms with Crippen molar-refractivity contribution in [3.05, 3.63) is 498 Å². The van der Waals surface area contributed by atoms with Gasteiger partial charge >= 0.3 is 0 Å². The zero-order chi connectivity index (χ0) is 91.9. The molecule has 23 rings (SSSR count). The zero-order valence-corrected chi connectivity index (χ0v) is 75.5. The third-order valence-electron chi connectivity index (χ3n) is 26.8. The minimum absolute atomic E-state index is 0.144. The van der Waals surface area contributed by atoms with E-state index in [4.69, 9.17) is 49.6 Å². The maximum atomic E-state index is 7.85. The maximum absolute atomic E-state index is 7.85. The van der Waals surface area contributed by atoms with E-state index in [1.807, 2.05) is 133 Å². The average molecular weight is 1730 g/mol. The standard InChI is InChI=1S/2C44H31N3.C38H27N3/c1-44(2)37-24-23-33(27-36(37)42-38(44)21-12-22-39(42)45-3)32-18-10-19-34(25-32)41-28-40(30-15-8-5-9-16-30)46-43(47-41)35-20-11-17-31(26-35)29-13-6-4-7-14-29;1-44(2)37-25-24-34(27-36(37)42-38(44)18-11-19-39(42)45-3)33-16-10-17-35(26-33)41-28-40(46-43(47-41)32-14-8-5-9-15-32)31-22-20-30(21-23-31)29-12-6-4-7-13-29;1-38(2)31-21-20-28(23-30(31)36-32(38)18-11-19-33(36)39-3)27-16-10-17-29(22-27)35-24-34(25-12-6-4-7-13-25)40-37(41-35)26-14-8-5-9-15-26/h2*4-28H,1-2H3;4-24H,1-2H3. The van der Waals surface area contributed by atoms with Gasteiger partial charge in [0.2, 0.25) is 0 Å². The molecule has 0 radical (unpaired) electrons. The highest BCUT2D eigenvalue weighted by Gasteiger charge is 2.40. The van der Waals surface area contributed by atoms with Crippen LogP contribution in [-0.2, 0) is 16.2 Å². The second kappa shape index (κ2) is 35.4. The van der Waals surface area contributed by atoms with Crippen LogP contribution in [0, 0.1) is 19.7 Å². The van der Waals surface area contributed by atoms with Gasteiger partial charge in [-0.05, 0) is 183 Å². The Morgan fingerprint density at radius 3 is 0.674 bits per heavy atom. The molecule has 9 nitrogen and oxygen atoms in total. The van der Waals surface area contributed by atoms with E-state index in [1.54, 1.807) is 0 Å². The highest BCUT2D eigenvalue weighted by molar-refractivity contribution is 5.96. The molecule has 0 fully saturated rings. The molecular weight excluding hydrogens is 1640 g/mol. The van der Waals surface area contributed by atoms with Crippen LogP contribution in [0.3, 0.4) is 0 Å². The summed E-state index contributed by atoms with van der Waals surface area (Å²) in [6.45, 7) is 37.0. The maximum Gasteiger partial charge on any atom is 0.195 e. The van der Waals surface area contributed by atoms with E-state index in [9.17, 15) is 0 Å². The van der Waals surface area contributed by atoms with Crippen LogP contribution in [0.15, 0.2) is 431 Å². The van der Waals surface area contributed by atoms with Crippen LogP contribution in [-0.4, -0.2) is 29.9 Å². The fraction of sp³-hybridized carbons (Fsp3) is 0.0714. The first-order valence-corrected chi connectivity index (χ1v) is 45.5. The van der Waals surface area contributed by atoms with Crippen molar-refractivity contribution in [3.63, 3.8) is 0 Å². The van der Waals surface area contributed by atoms with E-state index < -0.39 is 0 Å². The Hall–Kier alpha value is -17.6. The molecule has 3 aromatic heterocycles. The molecular formula is C126H89N9. The molecule has 135 heavy (non-hydrogen) atoms. The predicted octanol–water partition coefficient (Wildman–Crippen LogP) is 33.3. The number of hydrogen-bond acceptors (Lipinski definition) is 6. The molecule has 0 saturated heterocycles. The Kier molecular flexibility index (Phi) is 22.1. The topological polar surface area (TPSA) is 90.4 Å². The van der Waals surface area contributed by atoms with Gasteiger partial charge < -0.3 is 0 Å². The molecule has 0 saturated carbocycles. The fourth-order valence-electron chi connectivity index (χ4n) is 19.7.